The van der Waals surface area contributed by atoms with Gasteiger partial charge in [0.15, 0.2) is 11.5 Å². The fraction of sp³-hybridized carbons (Fsp3) is 0.292. The second kappa shape index (κ2) is 9.22. The molecule has 34 heavy (non-hydrogen) atoms. The summed E-state index contributed by atoms with van der Waals surface area (Å²) >= 11 is 1.30. The van der Waals surface area contributed by atoms with Crippen molar-refractivity contribution in [2.24, 2.45) is 5.73 Å². The number of aryl methyl sites for hydroxylation is 2. The summed E-state index contributed by atoms with van der Waals surface area (Å²) in [6.07, 6.45) is 5.56. The van der Waals surface area contributed by atoms with Gasteiger partial charge in [0.25, 0.3) is 5.91 Å². The quantitative estimate of drug-likeness (QED) is 0.383. The number of H-pyrrole nitrogens is 1. The van der Waals surface area contributed by atoms with Crippen molar-refractivity contribution in [2.75, 3.05) is 23.3 Å². The predicted molar refractivity (Wildman–Crippen MR) is 134 cm³/mol. The van der Waals surface area contributed by atoms with Crippen molar-refractivity contribution in [1.29, 1.82) is 0 Å². The van der Waals surface area contributed by atoms with Gasteiger partial charge in [-0.05, 0) is 49.9 Å². The molecule has 174 valence electrons. The van der Waals surface area contributed by atoms with Gasteiger partial charge < -0.3 is 20.9 Å². The minimum absolute atomic E-state index is 0.108. The van der Waals surface area contributed by atoms with Crippen LogP contribution in [-0.2, 0) is 0 Å². The third-order valence-corrected chi connectivity index (χ3v) is 6.75. The van der Waals surface area contributed by atoms with Crippen LogP contribution >= 0.6 is 11.5 Å². The van der Waals surface area contributed by atoms with Crippen molar-refractivity contribution >= 4 is 34.1 Å². The van der Waals surface area contributed by atoms with Crippen molar-refractivity contribution in [3.63, 3.8) is 0 Å². The van der Waals surface area contributed by atoms with E-state index in [1.807, 2.05) is 19.2 Å². The maximum Gasteiger partial charge on any atom is 0.271 e. The summed E-state index contributed by atoms with van der Waals surface area (Å²) in [5.74, 6) is 1.63. The van der Waals surface area contributed by atoms with Crippen LogP contribution < -0.4 is 16.0 Å². The summed E-state index contributed by atoms with van der Waals surface area (Å²) in [4.78, 5) is 31.3. The minimum Gasteiger partial charge on any atom is -0.364 e. The van der Waals surface area contributed by atoms with E-state index >= 15 is 0 Å². The van der Waals surface area contributed by atoms with Crippen LogP contribution in [0.3, 0.4) is 0 Å². The lowest BCUT2D eigenvalue weighted by Crippen LogP contribution is -2.35. The Morgan fingerprint density at radius 1 is 1.21 bits per heavy atom. The number of amides is 1. The molecule has 3 aromatic heterocycles. The molecule has 1 aliphatic rings. The number of rotatable bonds is 6. The molecule has 0 aliphatic carbocycles. The number of benzene rings is 1. The van der Waals surface area contributed by atoms with E-state index in [0.717, 1.165) is 53.7 Å². The Hall–Kier alpha value is -3.79. The molecule has 0 saturated carbocycles. The lowest BCUT2D eigenvalue weighted by molar-refractivity contribution is 0.0996. The van der Waals surface area contributed by atoms with Gasteiger partial charge in [0, 0.05) is 19.0 Å². The SMILES string of the molecule is Cc1ccc(-c2cnc([C@@H]3CCCN(c4cnc(C(N)=O)c(Nc5cc(C)ns5)n4)C3)[nH]2)cc1. The summed E-state index contributed by atoms with van der Waals surface area (Å²) in [6, 6.07) is 10.3. The number of carbonyl (C=O) groups excluding carboxylic acids is 1. The first kappa shape index (κ1) is 22.0. The molecule has 4 aromatic rings. The molecular weight excluding hydrogens is 448 g/mol. The Morgan fingerprint density at radius 3 is 2.76 bits per heavy atom. The van der Waals surface area contributed by atoms with Gasteiger partial charge in [0.1, 0.15) is 16.6 Å². The highest BCUT2D eigenvalue weighted by atomic mass is 32.1. The molecule has 10 heteroatoms. The van der Waals surface area contributed by atoms with Crippen molar-refractivity contribution in [1.82, 2.24) is 24.3 Å². The van der Waals surface area contributed by atoms with Crippen LogP contribution in [0.15, 0.2) is 42.7 Å². The van der Waals surface area contributed by atoms with Crippen molar-refractivity contribution < 1.29 is 4.79 Å². The number of nitrogens with two attached hydrogens (primary N) is 1. The second-order valence-electron chi connectivity index (χ2n) is 8.58. The van der Waals surface area contributed by atoms with Crippen molar-refractivity contribution in [2.45, 2.75) is 32.6 Å². The summed E-state index contributed by atoms with van der Waals surface area (Å²) in [7, 11) is 0. The number of aromatic nitrogens is 5. The zero-order valence-corrected chi connectivity index (χ0v) is 19.9. The molecule has 1 amide bonds. The van der Waals surface area contributed by atoms with Gasteiger partial charge >= 0.3 is 0 Å². The first-order valence-electron chi connectivity index (χ1n) is 11.2. The van der Waals surface area contributed by atoms with Crippen LogP contribution in [0.5, 0.6) is 0 Å². The Kier molecular flexibility index (Phi) is 5.97. The fourth-order valence-corrected chi connectivity index (χ4v) is 4.83. The van der Waals surface area contributed by atoms with E-state index in [9.17, 15) is 4.79 Å². The molecule has 1 aromatic carbocycles. The van der Waals surface area contributed by atoms with E-state index in [2.05, 4.69) is 60.7 Å². The molecule has 1 atom stereocenters. The molecule has 9 nitrogen and oxygen atoms in total. The standard InChI is InChI=1S/C24H26N8OS/c1-14-5-7-16(8-6-14)18-11-27-23(28-18)17-4-3-9-32(13-17)19-12-26-21(22(25)33)24(29-19)30-20-10-15(2)31-34-20/h5-8,10-12,17H,3-4,9,13H2,1-2H3,(H2,25,33)(H,27,28)(H,29,30)/t17-/m1/s1. The highest BCUT2D eigenvalue weighted by molar-refractivity contribution is 7.10. The summed E-state index contributed by atoms with van der Waals surface area (Å²) in [5.41, 5.74) is 9.91. The van der Waals surface area contributed by atoms with Crippen LogP contribution in [0.2, 0.25) is 0 Å². The molecule has 0 unspecified atom stereocenters. The van der Waals surface area contributed by atoms with Gasteiger partial charge in [-0.3, -0.25) is 4.79 Å². The summed E-state index contributed by atoms with van der Waals surface area (Å²) < 4.78 is 4.27. The van der Waals surface area contributed by atoms with Crippen LogP contribution in [0, 0.1) is 13.8 Å². The third kappa shape index (κ3) is 4.62. The monoisotopic (exact) mass is 474 g/mol. The Balaban J connectivity index is 1.36. The number of aromatic amines is 1. The maximum atomic E-state index is 11.9. The topological polar surface area (TPSA) is 126 Å². The van der Waals surface area contributed by atoms with E-state index in [4.69, 9.17) is 10.7 Å². The number of primary amides is 1. The Labute approximate surface area is 201 Å². The number of hydrogen-bond acceptors (Lipinski definition) is 8. The van der Waals surface area contributed by atoms with Gasteiger partial charge in [0.2, 0.25) is 0 Å². The smallest absolute Gasteiger partial charge is 0.271 e. The number of imidazole rings is 1. The molecule has 0 radical (unpaired) electrons. The minimum atomic E-state index is -0.626. The molecule has 0 bridgehead atoms. The fourth-order valence-electron chi connectivity index (χ4n) is 4.17. The summed E-state index contributed by atoms with van der Waals surface area (Å²) in [6.45, 7) is 5.60. The van der Waals surface area contributed by atoms with Crippen molar-refractivity contribution in [3.8, 4) is 11.3 Å². The first-order chi connectivity index (χ1) is 16.5. The van der Waals surface area contributed by atoms with Gasteiger partial charge in [-0.15, -0.1) is 0 Å². The third-order valence-electron chi connectivity index (χ3n) is 5.95. The number of piperidine rings is 1. The van der Waals surface area contributed by atoms with E-state index in [0.29, 0.717) is 11.6 Å². The van der Waals surface area contributed by atoms with Gasteiger partial charge in [-0.1, -0.05) is 29.8 Å². The van der Waals surface area contributed by atoms with Gasteiger partial charge in [-0.25, -0.2) is 15.0 Å². The Morgan fingerprint density at radius 2 is 2.03 bits per heavy atom. The lowest BCUT2D eigenvalue weighted by atomic mass is 9.97. The van der Waals surface area contributed by atoms with E-state index < -0.39 is 5.91 Å². The molecule has 1 fully saturated rings. The van der Waals surface area contributed by atoms with E-state index in [-0.39, 0.29) is 11.6 Å². The maximum absolute atomic E-state index is 11.9. The molecule has 4 heterocycles. The van der Waals surface area contributed by atoms with Gasteiger partial charge in [0.05, 0.1) is 23.8 Å². The average Bonchev–Trinajstić information content (AvgIpc) is 3.49. The number of nitrogens with zero attached hydrogens (tertiary/aromatic N) is 5. The zero-order chi connectivity index (χ0) is 23.7. The molecule has 1 aliphatic heterocycles. The number of hydrogen-bond donors (Lipinski definition) is 3. The molecule has 1 saturated heterocycles. The zero-order valence-electron chi connectivity index (χ0n) is 19.1. The van der Waals surface area contributed by atoms with E-state index in [1.165, 1.54) is 17.1 Å². The molecular formula is C24H26N8OS. The highest BCUT2D eigenvalue weighted by Gasteiger charge is 2.26. The Bertz CT molecular complexity index is 1310. The first-order valence-corrected chi connectivity index (χ1v) is 12.0. The normalized spacial score (nSPS) is 15.9. The van der Waals surface area contributed by atoms with Crippen molar-refractivity contribution in [3.05, 3.63) is 65.5 Å². The average molecular weight is 475 g/mol. The predicted octanol–water partition coefficient (Wildman–Crippen LogP) is 4.17. The highest BCUT2D eigenvalue weighted by Crippen LogP contribution is 2.31. The largest absolute Gasteiger partial charge is 0.364 e. The number of anilines is 3. The van der Waals surface area contributed by atoms with Crippen LogP contribution in [0.25, 0.3) is 11.3 Å². The second-order valence-corrected chi connectivity index (χ2v) is 9.39. The number of nitrogens with one attached hydrogen (secondary N) is 2. The number of carbonyl (C=O) groups is 1. The van der Waals surface area contributed by atoms with E-state index in [1.54, 1.807) is 6.20 Å². The van der Waals surface area contributed by atoms with Crippen LogP contribution in [0.4, 0.5) is 16.6 Å². The lowest BCUT2D eigenvalue weighted by Gasteiger charge is -2.32. The molecule has 5 rings (SSSR count). The van der Waals surface area contributed by atoms with Crippen LogP contribution in [0.1, 0.15) is 46.3 Å². The molecule has 4 N–H and O–H groups in total. The molecule has 0 spiro atoms. The van der Waals surface area contributed by atoms with Gasteiger partial charge in [-0.2, -0.15) is 4.37 Å². The summed E-state index contributed by atoms with van der Waals surface area (Å²) in [5, 5.41) is 3.94. The van der Waals surface area contributed by atoms with Crippen LogP contribution in [-0.4, -0.2) is 43.3 Å².